The number of fused-ring (bicyclic) bond motifs is 1. The Morgan fingerprint density at radius 1 is 1.22 bits per heavy atom. The van der Waals surface area contributed by atoms with Gasteiger partial charge in [-0.2, -0.15) is 13.2 Å². The minimum atomic E-state index is -4.64. The third-order valence-electron chi connectivity index (χ3n) is 4.55. The van der Waals surface area contributed by atoms with Gasteiger partial charge in [0.25, 0.3) is 0 Å². The molecule has 146 valence electrons. The molecule has 27 heavy (non-hydrogen) atoms. The molecule has 1 aliphatic rings. The van der Waals surface area contributed by atoms with Gasteiger partial charge in [-0.15, -0.1) is 0 Å². The third-order valence-corrected chi connectivity index (χ3v) is 5.98. The van der Waals surface area contributed by atoms with Crippen LogP contribution in [0.1, 0.15) is 22.8 Å². The summed E-state index contributed by atoms with van der Waals surface area (Å²) in [6, 6.07) is 8.88. The van der Waals surface area contributed by atoms with E-state index < -0.39 is 32.8 Å². The highest BCUT2D eigenvalue weighted by molar-refractivity contribution is 7.89. The van der Waals surface area contributed by atoms with Gasteiger partial charge in [-0.3, -0.25) is 0 Å². The van der Waals surface area contributed by atoms with Crippen LogP contribution in [0, 0.1) is 0 Å². The molecule has 2 aromatic rings. The topological polar surface area (TPSA) is 69.6 Å². The first kappa shape index (κ1) is 19.7. The summed E-state index contributed by atoms with van der Waals surface area (Å²) in [5.74, 6) is 0. The Hall–Kier alpha value is -2.10. The van der Waals surface area contributed by atoms with Gasteiger partial charge >= 0.3 is 6.18 Å². The first-order valence-corrected chi connectivity index (χ1v) is 9.75. The maximum absolute atomic E-state index is 12.8. The molecular formula is C18H19F3N2O3S. The van der Waals surface area contributed by atoms with Gasteiger partial charge in [-0.25, -0.2) is 13.1 Å². The van der Waals surface area contributed by atoms with Crippen molar-refractivity contribution in [2.45, 2.75) is 23.6 Å². The van der Waals surface area contributed by atoms with Gasteiger partial charge < -0.3 is 10.0 Å². The van der Waals surface area contributed by atoms with Gasteiger partial charge in [0.2, 0.25) is 10.0 Å². The predicted octanol–water partition coefficient (Wildman–Crippen LogP) is 2.71. The average molecular weight is 400 g/mol. The number of aliphatic hydroxyl groups excluding tert-OH is 1. The van der Waals surface area contributed by atoms with Crippen molar-refractivity contribution in [3.63, 3.8) is 0 Å². The Morgan fingerprint density at radius 2 is 1.96 bits per heavy atom. The van der Waals surface area contributed by atoms with Crippen LogP contribution in [0.15, 0.2) is 47.4 Å². The molecule has 0 spiro atoms. The molecule has 0 aliphatic carbocycles. The zero-order valence-corrected chi connectivity index (χ0v) is 15.3. The highest BCUT2D eigenvalue weighted by atomic mass is 32.2. The lowest BCUT2D eigenvalue weighted by molar-refractivity contribution is -0.137. The molecule has 3 rings (SSSR count). The molecule has 1 aliphatic heterocycles. The normalized spacial score (nSPS) is 15.7. The summed E-state index contributed by atoms with van der Waals surface area (Å²) in [5.41, 5.74) is 1.63. The third kappa shape index (κ3) is 4.26. The number of hydrogen-bond acceptors (Lipinski definition) is 4. The van der Waals surface area contributed by atoms with Gasteiger partial charge in [0.15, 0.2) is 0 Å². The van der Waals surface area contributed by atoms with Crippen LogP contribution in [-0.4, -0.2) is 33.7 Å². The van der Waals surface area contributed by atoms with Gasteiger partial charge in [-0.1, -0.05) is 18.2 Å². The van der Waals surface area contributed by atoms with Crippen molar-refractivity contribution in [2.24, 2.45) is 0 Å². The highest BCUT2D eigenvalue weighted by Crippen LogP contribution is 2.31. The second-order valence-electron chi connectivity index (χ2n) is 6.45. The van der Waals surface area contributed by atoms with Crippen molar-refractivity contribution in [1.82, 2.24) is 4.72 Å². The molecule has 0 bridgehead atoms. The van der Waals surface area contributed by atoms with E-state index in [0.29, 0.717) is 11.6 Å². The molecular weight excluding hydrogens is 381 g/mol. The quantitative estimate of drug-likeness (QED) is 0.810. The number of aliphatic hydroxyl groups is 1. The van der Waals surface area contributed by atoms with Crippen molar-refractivity contribution in [3.05, 3.63) is 59.2 Å². The zero-order valence-electron chi connectivity index (χ0n) is 14.5. The van der Waals surface area contributed by atoms with E-state index in [4.69, 9.17) is 0 Å². The monoisotopic (exact) mass is 400 g/mol. The first-order valence-electron chi connectivity index (χ1n) is 8.27. The maximum atomic E-state index is 12.8. The summed E-state index contributed by atoms with van der Waals surface area (Å²) >= 11 is 0. The molecule has 9 heteroatoms. The van der Waals surface area contributed by atoms with Gasteiger partial charge in [0.1, 0.15) is 0 Å². The minimum absolute atomic E-state index is 0.340. The van der Waals surface area contributed by atoms with Crippen LogP contribution >= 0.6 is 0 Å². The fourth-order valence-electron chi connectivity index (χ4n) is 3.02. The van der Waals surface area contributed by atoms with E-state index in [1.807, 2.05) is 19.2 Å². The predicted molar refractivity (Wildman–Crippen MR) is 95.0 cm³/mol. The highest BCUT2D eigenvalue weighted by Gasteiger charge is 2.31. The summed E-state index contributed by atoms with van der Waals surface area (Å²) in [6.07, 6.45) is -4.91. The Labute approximate surface area is 155 Å². The van der Waals surface area contributed by atoms with Crippen LogP contribution < -0.4 is 9.62 Å². The number of rotatable bonds is 5. The molecule has 2 aromatic carbocycles. The number of likely N-dealkylation sites (N-methyl/N-ethyl adjacent to an activating group) is 1. The van der Waals surface area contributed by atoms with Crippen molar-refractivity contribution >= 4 is 15.7 Å². The van der Waals surface area contributed by atoms with Crippen LogP contribution in [0.4, 0.5) is 18.9 Å². The van der Waals surface area contributed by atoms with E-state index in [2.05, 4.69) is 9.62 Å². The van der Waals surface area contributed by atoms with Crippen LogP contribution in [0.25, 0.3) is 0 Å². The second-order valence-corrected chi connectivity index (χ2v) is 8.22. The number of halogens is 3. The van der Waals surface area contributed by atoms with Crippen LogP contribution in [-0.2, 0) is 22.6 Å². The summed E-state index contributed by atoms with van der Waals surface area (Å²) in [4.78, 5) is 1.59. The summed E-state index contributed by atoms with van der Waals surface area (Å²) in [7, 11) is -2.22. The van der Waals surface area contributed by atoms with Crippen LogP contribution in [0.5, 0.6) is 0 Å². The fourth-order valence-corrected chi connectivity index (χ4v) is 4.11. The Morgan fingerprint density at radius 3 is 2.67 bits per heavy atom. The lowest BCUT2D eigenvalue weighted by atomic mass is 10.0. The van der Waals surface area contributed by atoms with E-state index in [1.165, 1.54) is 0 Å². The van der Waals surface area contributed by atoms with Crippen LogP contribution in [0.2, 0.25) is 0 Å². The molecule has 0 fully saturated rings. The molecule has 0 saturated carbocycles. The summed E-state index contributed by atoms with van der Waals surface area (Å²) in [6.45, 7) is 0.532. The van der Waals surface area contributed by atoms with E-state index in [1.54, 1.807) is 6.07 Å². The number of sulfonamides is 1. The number of benzene rings is 2. The Kier molecular flexibility index (Phi) is 5.20. The van der Waals surface area contributed by atoms with E-state index in [-0.39, 0.29) is 6.54 Å². The number of hydrogen-bond donors (Lipinski definition) is 2. The van der Waals surface area contributed by atoms with Crippen molar-refractivity contribution in [3.8, 4) is 0 Å². The van der Waals surface area contributed by atoms with Gasteiger partial charge in [-0.05, 0) is 41.8 Å². The smallest absolute Gasteiger partial charge is 0.387 e. The molecule has 1 atom stereocenters. The largest absolute Gasteiger partial charge is 0.416 e. The first-order chi connectivity index (χ1) is 12.6. The Bertz CT molecular complexity index is 945. The van der Waals surface area contributed by atoms with E-state index >= 15 is 0 Å². The standard InChI is InChI=1S/C18H19F3N2O3S/c1-23-8-7-12-9-13(5-6-16(12)23)17(24)11-22-27(25,26)15-4-2-3-14(10-15)18(19,20)21/h2-6,9-10,17,22,24H,7-8,11H2,1H3. The van der Waals surface area contributed by atoms with Crippen molar-refractivity contribution < 1.29 is 26.7 Å². The molecule has 5 nitrogen and oxygen atoms in total. The average Bonchev–Trinajstić information content (AvgIpc) is 2.99. The summed E-state index contributed by atoms with van der Waals surface area (Å²) in [5, 5.41) is 10.3. The molecule has 1 unspecified atom stereocenters. The molecule has 0 amide bonds. The molecule has 0 saturated heterocycles. The number of anilines is 1. The number of nitrogens with one attached hydrogen (secondary N) is 1. The Balaban J connectivity index is 1.72. The maximum Gasteiger partial charge on any atom is 0.416 e. The fraction of sp³-hybridized carbons (Fsp3) is 0.333. The van der Waals surface area contributed by atoms with Crippen molar-refractivity contribution in [1.29, 1.82) is 0 Å². The van der Waals surface area contributed by atoms with Gasteiger partial charge in [0, 0.05) is 25.8 Å². The SMILES string of the molecule is CN1CCc2cc(C(O)CNS(=O)(=O)c3cccc(C(F)(F)F)c3)ccc21. The zero-order chi connectivity index (χ0) is 19.8. The van der Waals surface area contributed by atoms with Crippen molar-refractivity contribution in [2.75, 3.05) is 25.0 Å². The van der Waals surface area contributed by atoms with Crippen LogP contribution in [0.3, 0.4) is 0 Å². The van der Waals surface area contributed by atoms with E-state index in [0.717, 1.165) is 42.4 Å². The minimum Gasteiger partial charge on any atom is -0.387 e. The lowest BCUT2D eigenvalue weighted by Crippen LogP contribution is -2.28. The molecule has 2 N–H and O–H groups in total. The number of alkyl halides is 3. The second kappa shape index (κ2) is 7.14. The molecule has 1 heterocycles. The summed E-state index contributed by atoms with van der Waals surface area (Å²) < 4.78 is 65.0. The lowest BCUT2D eigenvalue weighted by Gasteiger charge is -2.16. The van der Waals surface area contributed by atoms with E-state index in [9.17, 15) is 26.7 Å². The molecule has 0 radical (unpaired) electrons. The number of nitrogens with zero attached hydrogens (tertiary/aromatic N) is 1. The molecule has 0 aromatic heterocycles. The van der Waals surface area contributed by atoms with Gasteiger partial charge in [0.05, 0.1) is 16.6 Å².